The largest absolute Gasteiger partial charge is 0.390 e. The summed E-state index contributed by atoms with van der Waals surface area (Å²) in [6.07, 6.45) is 1.08. The number of amides is 1. The number of benzene rings is 1. The second-order valence-electron chi connectivity index (χ2n) is 6.38. The summed E-state index contributed by atoms with van der Waals surface area (Å²) in [6.45, 7) is 4.61. The molecule has 1 aromatic carbocycles. The van der Waals surface area contributed by atoms with Crippen molar-refractivity contribution in [1.82, 2.24) is 9.80 Å². The molecule has 5 heteroatoms. The van der Waals surface area contributed by atoms with Crippen molar-refractivity contribution in [1.29, 1.82) is 0 Å². The number of rotatable bonds is 4. The SMILES string of the molecule is CN1CCN(CC(O)CN2CCCC2=O)Cc2ccccc21. The van der Waals surface area contributed by atoms with E-state index in [0.29, 0.717) is 19.5 Å². The van der Waals surface area contributed by atoms with Crippen molar-refractivity contribution in [2.45, 2.75) is 25.5 Å². The minimum Gasteiger partial charge on any atom is -0.390 e. The maximum Gasteiger partial charge on any atom is 0.222 e. The molecule has 1 aromatic rings. The number of carbonyl (C=O) groups excluding carboxylic acids is 1. The summed E-state index contributed by atoms with van der Waals surface area (Å²) < 4.78 is 0. The summed E-state index contributed by atoms with van der Waals surface area (Å²) >= 11 is 0. The van der Waals surface area contributed by atoms with E-state index in [0.717, 1.165) is 32.6 Å². The quantitative estimate of drug-likeness (QED) is 0.898. The molecule has 0 radical (unpaired) electrons. The first-order valence-corrected chi connectivity index (χ1v) is 8.11. The fourth-order valence-corrected chi connectivity index (χ4v) is 3.41. The predicted octanol–water partition coefficient (Wildman–Crippen LogP) is 0.922. The number of hydrogen-bond donors (Lipinski definition) is 1. The molecule has 1 N–H and O–H groups in total. The number of aliphatic hydroxyl groups is 1. The lowest BCUT2D eigenvalue weighted by molar-refractivity contribution is -0.129. The third-order valence-corrected chi connectivity index (χ3v) is 4.62. The summed E-state index contributed by atoms with van der Waals surface area (Å²) in [6, 6.07) is 8.44. The van der Waals surface area contributed by atoms with E-state index >= 15 is 0 Å². The van der Waals surface area contributed by atoms with Gasteiger partial charge in [-0.1, -0.05) is 18.2 Å². The summed E-state index contributed by atoms with van der Waals surface area (Å²) in [7, 11) is 2.11. The summed E-state index contributed by atoms with van der Waals surface area (Å²) in [4.78, 5) is 18.0. The number of likely N-dealkylation sites (N-methyl/N-ethyl adjacent to an activating group) is 1. The van der Waals surface area contributed by atoms with E-state index in [9.17, 15) is 9.90 Å². The van der Waals surface area contributed by atoms with Crippen LogP contribution in [-0.2, 0) is 11.3 Å². The highest BCUT2D eigenvalue weighted by molar-refractivity contribution is 5.78. The van der Waals surface area contributed by atoms with Gasteiger partial charge in [0.2, 0.25) is 5.91 Å². The van der Waals surface area contributed by atoms with Gasteiger partial charge in [-0.3, -0.25) is 9.69 Å². The van der Waals surface area contributed by atoms with Crippen molar-refractivity contribution in [3.05, 3.63) is 29.8 Å². The van der Waals surface area contributed by atoms with Crippen LogP contribution in [0.3, 0.4) is 0 Å². The number of likely N-dealkylation sites (tertiary alicyclic amines) is 1. The van der Waals surface area contributed by atoms with Gasteiger partial charge in [0.05, 0.1) is 6.10 Å². The zero-order valence-corrected chi connectivity index (χ0v) is 13.2. The third-order valence-electron chi connectivity index (χ3n) is 4.62. The Hall–Kier alpha value is -1.59. The Morgan fingerprint density at radius 2 is 2.00 bits per heavy atom. The fourth-order valence-electron chi connectivity index (χ4n) is 3.41. The maximum atomic E-state index is 11.7. The van der Waals surface area contributed by atoms with Gasteiger partial charge >= 0.3 is 0 Å². The van der Waals surface area contributed by atoms with Crippen LogP contribution in [0, 0.1) is 0 Å². The number of aliphatic hydroxyl groups excluding tert-OH is 1. The van der Waals surface area contributed by atoms with E-state index in [1.807, 2.05) is 0 Å². The molecule has 1 saturated heterocycles. The number of anilines is 1. The van der Waals surface area contributed by atoms with Gasteiger partial charge < -0.3 is 14.9 Å². The van der Waals surface area contributed by atoms with Gasteiger partial charge in [-0.2, -0.15) is 0 Å². The molecule has 0 spiro atoms. The summed E-state index contributed by atoms with van der Waals surface area (Å²) in [5, 5.41) is 10.3. The van der Waals surface area contributed by atoms with Crippen LogP contribution < -0.4 is 4.90 Å². The van der Waals surface area contributed by atoms with Crippen molar-refractivity contribution >= 4 is 11.6 Å². The van der Waals surface area contributed by atoms with E-state index in [1.165, 1.54) is 11.3 Å². The Kier molecular flexibility index (Phi) is 4.64. The molecule has 22 heavy (non-hydrogen) atoms. The zero-order chi connectivity index (χ0) is 15.5. The molecule has 5 nitrogen and oxygen atoms in total. The van der Waals surface area contributed by atoms with E-state index in [4.69, 9.17) is 0 Å². The topological polar surface area (TPSA) is 47.0 Å². The molecule has 1 atom stereocenters. The standard InChI is InChI=1S/C17H25N3O2/c1-18-9-10-19(11-14-5-2-3-6-16(14)18)12-15(21)13-20-8-4-7-17(20)22/h2-3,5-6,15,21H,4,7-13H2,1H3. The van der Waals surface area contributed by atoms with Crippen molar-refractivity contribution in [2.75, 3.05) is 44.7 Å². The molecular formula is C17H25N3O2. The Balaban J connectivity index is 1.60. The first-order chi connectivity index (χ1) is 10.6. The minimum absolute atomic E-state index is 0.181. The number of para-hydroxylation sites is 1. The van der Waals surface area contributed by atoms with Gasteiger partial charge in [-0.25, -0.2) is 0 Å². The van der Waals surface area contributed by atoms with Gasteiger partial charge in [0.1, 0.15) is 0 Å². The Labute approximate surface area is 132 Å². The van der Waals surface area contributed by atoms with Gasteiger partial charge in [0, 0.05) is 58.4 Å². The van der Waals surface area contributed by atoms with Crippen LogP contribution in [0.2, 0.25) is 0 Å². The minimum atomic E-state index is -0.474. The molecule has 2 heterocycles. The summed E-state index contributed by atoms with van der Waals surface area (Å²) in [5.41, 5.74) is 2.57. The lowest BCUT2D eigenvalue weighted by Crippen LogP contribution is -2.41. The van der Waals surface area contributed by atoms with Crippen LogP contribution in [0.15, 0.2) is 24.3 Å². The van der Waals surface area contributed by atoms with Crippen LogP contribution >= 0.6 is 0 Å². The van der Waals surface area contributed by atoms with Crippen molar-refractivity contribution in [3.63, 3.8) is 0 Å². The normalized spacial score (nSPS) is 20.9. The predicted molar refractivity (Wildman–Crippen MR) is 86.8 cm³/mol. The number of β-amino-alcohol motifs (C(OH)–C–C–N with tert-alkyl or cyclic N) is 1. The van der Waals surface area contributed by atoms with Crippen LogP contribution in [0.25, 0.3) is 0 Å². The molecule has 1 unspecified atom stereocenters. The lowest BCUT2D eigenvalue weighted by Gasteiger charge is -2.26. The zero-order valence-electron chi connectivity index (χ0n) is 13.2. The van der Waals surface area contributed by atoms with E-state index in [-0.39, 0.29) is 5.91 Å². The Bertz CT molecular complexity index is 534. The van der Waals surface area contributed by atoms with Gasteiger partial charge in [0.25, 0.3) is 0 Å². The Morgan fingerprint density at radius 3 is 2.77 bits per heavy atom. The van der Waals surface area contributed by atoms with Crippen LogP contribution in [0.4, 0.5) is 5.69 Å². The molecule has 3 rings (SSSR count). The van der Waals surface area contributed by atoms with E-state index < -0.39 is 6.10 Å². The van der Waals surface area contributed by atoms with Crippen LogP contribution in [0.1, 0.15) is 18.4 Å². The molecule has 1 fully saturated rings. The second kappa shape index (κ2) is 6.67. The number of carbonyl (C=O) groups is 1. The Morgan fingerprint density at radius 1 is 1.18 bits per heavy atom. The number of fused-ring (bicyclic) bond motifs is 1. The fraction of sp³-hybridized carbons (Fsp3) is 0.588. The smallest absolute Gasteiger partial charge is 0.222 e. The third kappa shape index (κ3) is 3.42. The molecule has 2 aliphatic rings. The molecular weight excluding hydrogens is 278 g/mol. The highest BCUT2D eigenvalue weighted by Gasteiger charge is 2.24. The molecule has 0 aromatic heterocycles. The van der Waals surface area contributed by atoms with E-state index in [1.54, 1.807) is 4.90 Å². The van der Waals surface area contributed by atoms with Crippen molar-refractivity contribution in [3.8, 4) is 0 Å². The number of hydrogen-bond acceptors (Lipinski definition) is 4. The highest BCUT2D eigenvalue weighted by atomic mass is 16.3. The van der Waals surface area contributed by atoms with Crippen LogP contribution in [-0.4, -0.2) is 66.7 Å². The average Bonchev–Trinajstić information content (AvgIpc) is 2.82. The van der Waals surface area contributed by atoms with Gasteiger partial charge in [-0.05, 0) is 18.1 Å². The second-order valence-corrected chi connectivity index (χ2v) is 6.38. The molecule has 2 aliphatic heterocycles. The maximum absolute atomic E-state index is 11.7. The average molecular weight is 303 g/mol. The van der Waals surface area contributed by atoms with Crippen molar-refractivity contribution in [2.24, 2.45) is 0 Å². The lowest BCUT2D eigenvalue weighted by atomic mass is 10.1. The number of nitrogens with zero attached hydrogens (tertiary/aromatic N) is 3. The van der Waals surface area contributed by atoms with Gasteiger partial charge in [0.15, 0.2) is 0 Å². The van der Waals surface area contributed by atoms with Gasteiger partial charge in [-0.15, -0.1) is 0 Å². The molecule has 0 bridgehead atoms. The monoisotopic (exact) mass is 303 g/mol. The summed E-state index contributed by atoms with van der Waals surface area (Å²) in [5.74, 6) is 0.181. The molecule has 0 saturated carbocycles. The highest BCUT2D eigenvalue weighted by Crippen LogP contribution is 2.23. The van der Waals surface area contributed by atoms with Crippen molar-refractivity contribution < 1.29 is 9.90 Å². The molecule has 1 amide bonds. The molecule has 0 aliphatic carbocycles. The van der Waals surface area contributed by atoms with Crippen LogP contribution in [0.5, 0.6) is 0 Å². The molecule has 120 valence electrons. The first kappa shape index (κ1) is 15.3. The van der Waals surface area contributed by atoms with E-state index in [2.05, 4.69) is 41.1 Å². The first-order valence-electron chi connectivity index (χ1n) is 8.11.